The van der Waals surface area contributed by atoms with Gasteiger partial charge in [0.05, 0.1) is 0 Å². The van der Waals surface area contributed by atoms with E-state index in [9.17, 15) is 19.2 Å². The van der Waals surface area contributed by atoms with Crippen LogP contribution in [0.2, 0.25) is 0 Å². The standard InChI is InChI=1S/C33H41N3O5/c1-23(2)21-28-33(40)41-29(24(3)17-18-25-11-6-4-7-12-25)15-10-16-30(37)35-27(22-26-13-8-5-9-14-26)32(39)34-20-19-31(38)36-28/h4-14,16-18,23-24,27-29H,15,19-22H2,1-3H3,(H,34,39)(H,35,37)(H,36,38)/b16-10+,18-17+/t24?,27-,28?,29+/m1/s1. The molecule has 1 aliphatic heterocycles. The van der Waals surface area contributed by atoms with Crippen LogP contribution in [0.1, 0.15) is 51.2 Å². The van der Waals surface area contributed by atoms with Crippen LogP contribution >= 0.6 is 0 Å². The Bertz CT molecular complexity index is 1210. The second-order valence-corrected chi connectivity index (χ2v) is 10.8. The van der Waals surface area contributed by atoms with Gasteiger partial charge in [-0.05, 0) is 29.5 Å². The zero-order valence-electron chi connectivity index (χ0n) is 24.0. The maximum Gasteiger partial charge on any atom is 0.328 e. The molecule has 1 heterocycles. The Balaban J connectivity index is 1.84. The molecule has 8 heteroatoms. The minimum Gasteiger partial charge on any atom is -0.460 e. The lowest BCUT2D eigenvalue weighted by Gasteiger charge is -2.26. The molecule has 2 aromatic carbocycles. The zero-order valence-corrected chi connectivity index (χ0v) is 24.0. The number of benzene rings is 2. The van der Waals surface area contributed by atoms with Crippen LogP contribution in [0.5, 0.6) is 0 Å². The lowest BCUT2D eigenvalue weighted by molar-refractivity contribution is -0.155. The number of hydrogen-bond acceptors (Lipinski definition) is 5. The molecule has 2 aromatic rings. The molecule has 0 bridgehead atoms. The molecule has 218 valence electrons. The molecular weight excluding hydrogens is 518 g/mol. The SMILES string of the molecule is CC(C)CC1NC(=O)CCNC(=O)[C@@H](Cc2ccccc2)NC(=O)/C=C/C[C@@H](C(C)/C=C/c2ccccc2)OC1=O. The molecule has 0 fully saturated rings. The molecule has 1 aliphatic rings. The van der Waals surface area contributed by atoms with Crippen molar-refractivity contribution in [2.45, 2.75) is 64.6 Å². The number of rotatable bonds is 7. The van der Waals surface area contributed by atoms with Gasteiger partial charge in [0.25, 0.3) is 0 Å². The first-order chi connectivity index (χ1) is 19.7. The summed E-state index contributed by atoms with van der Waals surface area (Å²) in [7, 11) is 0. The molecule has 2 unspecified atom stereocenters. The molecule has 0 saturated carbocycles. The normalized spacial score (nSPS) is 22.9. The average molecular weight is 560 g/mol. The lowest BCUT2D eigenvalue weighted by Crippen LogP contribution is -2.49. The molecule has 0 radical (unpaired) electrons. The zero-order chi connectivity index (χ0) is 29.6. The Labute approximate surface area is 242 Å². The second-order valence-electron chi connectivity index (χ2n) is 10.8. The molecule has 4 atom stereocenters. The summed E-state index contributed by atoms with van der Waals surface area (Å²) in [5, 5.41) is 8.32. The van der Waals surface area contributed by atoms with Crippen molar-refractivity contribution in [3.05, 3.63) is 90.0 Å². The molecular formula is C33H41N3O5. The van der Waals surface area contributed by atoms with Crippen LogP contribution in [-0.2, 0) is 30.3 Å². The van der Waals surface area contributed by atoms with E-state index in [1.807, 2.05) is 93.6 Å². The average Bonchev–Trinajstić information content (AvgIpc) is 2.95. The van der Waals surface area contributed by atoms with Gasteiger partial charge in [0, 0.05) is 31.7 Å². The minimum atomic E-state index is -0.822. The number of carbonyl (C=O) groups is 4. The topological polar surface area (TPSA) is 114 Å². The Kier molecular flexibility index (Phi) is 12.3. The Hall–Kier alpha value is -4.20. The number of ether oxygens (including phenoxy) is 1. The van der Waals surface area contributed by atoms with Gasteiger partial charge in [0.15, 0.2) is 0 Å². The van der Waals surface area contributed by atoms with Gasteiger partial charge in [-0.2, -0.15) is 0 Å². The lowest BCUT2D eigenvalue weighted by atomic mass is 9.99. The summed E-state index contributed by atoms with van der Waals surface area (Å²) in [6.45, 7) is 5.94. The molecule has 3 N–H and O–H groups in total. The van der Waals surface area contributed by atoms with Gasteiger partial charge in [-0.3, -0.25) is 14.4 Å². The van der Waals surface area contributed by atoms with Crippen molar-refractivity contribution >= 4 is 29.8 Å². The minimum absolute atomic E-state index is 0.0147. The van der Waals surface area contributed by atoms with Crippen LogP contribution in [0.4, 0.5) is 0 Å². The van der Waals surface area contributed by atoms with Gasteiger partial charge in [-0.15, -0.1) is 0 Å². The number of amides is 3. The van der Waals surface area contributed by atoms with Gasteiger partial charge in [-0.1, -0.05) is 99.7 Å². The molecule has 0 aliphatic carbocycles. The highest BCUT2D eigenvalue weighted by Crippen LogP contribution is 2.18. The number of esters is 1. The summed E-state index contributed by atoms with van der Waals surface area (Å²) in [4.78, 5) is 51.9. The fourth-order valence-corrected chi connectivity index (χ4v) is 4.51. The molecule has 0 aromatic heterocycles. The summed E-state index contributed by atoms with van der Waals surface area (Å²) < 4.78 is 5.96. The third-order valence-electron chi connectivity index (χ3n) is 6.78. The van der Waals surface area contributed by atoms with Crippen molar-refractivity contribution in [3.63, 3.8) is 0 Å². The summed E-state index contributed by atoms with van der Waals surface area (Å²) in [5.41, 5.74) is 1.91. The molecule has 8 nitrogen and oxygen atoms in total. The van der Waals surface area contributed by atoms with Crippen LogP contribution in [0.15, 0.2) is 78.9 Å². The van der Waals surface area contributed by atoms with Crippen LogP contribution in [-0.4, -0.2) is 48.4 Å². The first-order valence-electron chi connectivity index (χ1n) is 14.2. The number of nitrogens with one attached hydrogen (secondary N) is 3. The van der Waals surface area contributed by atoms with Crippen molar-refractivity contribution < 1.29 is 23.9 Å². The third-order valence-corrected chi connectivity index (χ3v) is 6.78. The quantitative estimate of drug-likeness (QED) is 0.445. The molecule has 0 spiro atoms. The number of cyclic esters (lactones) is 1. The van der Waals surface area contributed by atoms with E-state index in [2.05, 4.69) is 16.0 Å². The molecule has 3 amide bonds. The van der Waals surface area contributed by atoms with Crippen LogP contribution in [0.3, 0.4) is 0 Å². The predicted octanol–water partition coefficient (Wildman–Crippen LogP) is 3.97. The predicted molar refractivity (Wildman–Crippen MR) is 159 cm³/mol. The maximum absolute atomic E-state index is 13.3. The highest BCUT2D eigenvalue weighted by atomic mass is 16.5. The summed E-state index contributed by atoms with van der Waals surface area (Å²) in [6.07, 6.45) is 7.36. The highest BCUT2D eigenvalue weighted by Gasteiger charge is 2.28. The van der Waals surface area contributed by atoms with E-state index in [0.29, 0.717) is 12.8 Å². The van der Waals surface area contributed by atoms with Crippen molar-refractivity contribution in [3.8, 4) is 0 Å². The van der Waals surface area contributed by atoms with Crippen molar-refractivity contribution in [1.29, 1.82) is 0 Å². The van der Waals surface area contributed by atoms with Gasteiger partial charge >= 0.3 is 5.97 Å². The van der Waals surface area contributed by atoms with Crippen molar-refractivity contribution in [2.75, 3.05) is 6.54 Å². The number of carbonyl (C=O) groups excluding carboxylic acids is 4. The van der Waals surface area contributed by atoms with E-state index in [0.717, 1.165) is 11.1 Å². The van der Waals surface area contributed by atoms with Crippen LogP contribution < -0.4 is 16.0 Å². The largest absolute Gasteiger partial charge is 0.460 e. The first-order valence-corrected chi connectivity index (χ1v) is 14.2. The molecule has 0 saturated heterocycles. The summed E-state index contributed by atoms with van der Waals surface area (Å²) in [5.74, 6) is -1.74. The van der Waals surface area contributed by atoms with Gasteiger partial charge in [0.2, 0.25) is 17.7 Å². The third kappa shape index (κ3) is 11.1. The van der Waals surface area contributed by atoms with E-state index >= 15 is 0 Å². The van der Waals surface area contributed by atoms with E-state index in [1.165, 1.54) is 6.08 Å². The monoisotopic (exact) mass is 559 g/mol. The van der Waals surface area contributed by atoms with Crippen molar-refractivity contribution in [1.82, 2.24) is 16.0 Å². The number of hydrogen-bond donors (Lipinski definition) is 3. The van der Waals surface area contributed by atoms with Crippen molar-refractivity contribution in [2.24, 2.45) is 11.8 Å². The van der Waals surface area contributed by atoms with Crippen LogP contribution in [0, 0.1) is 11.8 Å². The first kappa shape index (κ1) is 31.3. The Morgan fingerprint density at radius 3 is 2.27 bits per heavy atom. The maximum atomic E-state index is 13.3. The summed E-state index contributed by atoms with van der Waals surface area (Å²) >= 11 is 0. The van der Waals surface area contributed by atoms with Crippen LogP contribution in [0.25, 0.3) is 6.08 Å². The molecule has 41 heavy (non-hydrogen) atoms. The van der Waals surface area contributed by atoms with E-state index in [-0.39, 0.29) is 43.0 Å². The van der Waals surface area contributed by atoms with E-state index < -0.39 is 30.1 Å². The van der Waals surface area contributed by atoms with Gasteiger partial charge in [-0.25, -0.2) is 4.79 Å². The fraction of sp³-hybridized carbons (Fsp3) is 0.394. The Morgan fingerprint density at radius 1 is 0.902 bits per heavy atom. The highest BCUT2D eigenvalue weighted by molar-refractivity contribution is 5.93. The summed E-state index contributed by atoms with van der Waals surface area (Å²) in [6, 6.07) is 17.6. The van der Waals surface area contributed by atoms with E-state index in [1.54, 1.807) is 6.08 Å². The Morgan fingerprint density at radius 2 is 1.59 bits per heavy atom. The van der Waals surface area contributed by atoms with E-state index in [4.69, 9.17) is 4.74 Å². The second kappa shape index (κ2) is 16.2. The molecule has 3 rings (SSSR count). The van der Waals surface area contributed by atoms with Gasteiger partial charge < -0.3 is 20.7 Å². The van der Waals surface area contributed by atoms with Gasteiger partial charge in [0.1, 0.15) is 18.2 Å². The smallest absolute Gasteiger partial charge is 0.328 e. The fourth-order valence-electron chi connectivity index (χ4n) is 4.51.